The third-order valence-electron chi connectivity index (χ3n) is 4.13. The molecule has 7 nitrogen and oxygen atoms in total. The lowest BCUT2D eigenvalue weighted by Gasteiger charge is -2.20. The fraction of sp³-hybridized carbons (Fsp3) is 0.550. The first-order valence-electron chi connectivity index (χ1n) is 8.98. The van der Waals surface area contributed by atoms with E-state index in [0.717, 1.165) is 5.56 Å². The van der Waals surface area contributed by atoms with Crippen LogP contribution in [0.2, 0.25) is 0 Å². The number of nitrogens with one attached hydrogen (secondary N) is 1. The fourth-order valence-electron chi connectivity index (χ4n) is 2.72. The molecule has 1 amide bonds. The second-order valence-electron chi connectivity index (χ2n) is 7.55. The van der Waals surface area contributed by atoms with Gasteiger partial charge in [-0.1, -0.05) is 12.1 Å². The van der Waals surface area contributed by atoms with Gasteiger partial charge in [0.1, 0.15) is 11.6 Å². The zero-order valence-corrected chi connectivity index (χ0v) is 16.2. The Kier molecular flexibility index (Phi) is 6.96. The molecule has 1 fully saturated rings. The molecule has 0 aromatic heterocycles. The zero-order chi connectivity index (χ0) is 20.0. The molecular formula is C20H27NO6. The molecule has 0 spiro atoms. The van der Waals surface area contributed by atoms with Crippen LogP contribution in [0.25, 0.3) is 0 Å². The first-order valence-corrected chi connectivity index (χ1v) is 8.98. The first kappa shape index (κ1) is 20.9. The van der Waals surface area contributed by atoms with E-state index in [4.69, 9.17) is 14.2 Å². The molecule has 1 aliphatic heterocycles. The molecule has 0 unspecified atom stereocenters. The van der Waals surface area contributed by atoms with Gasteiger partial charge < -0.3 is 19.5 Å². The number of rotatable bonds is 6. The molecule has 2 atom stereocenters. The average Bonchev–Trinajstić information content (AvgIpc) is 3.14. The molecular weight excluding hydrogens is 350 g/mol. The monoisotopic (exact) mass is 377 g/mol. The fourth-order valence-corrected chi connectivity index (χ4v) is 2.72. The number of ether oxygens (including phenoxy) is 3. The van der Waals surface area contributed by atoms with Crippen LogP contribution in [-0.4, -0.2) is 49.8 Å². The van der Waals surface area contributed by atoms with Crippen LogP contribution in [0.3, 0.4) is 0 Å². The molecule has 1 saturated heterocycles. The van der Waals surface area contributed by atoms with E-state index in [9.17, 15) is 14.4 Å². The first-order chi connectivity index (χ1) is 12.7. The predicted octanol–water partition coefficient (Wildman–Crippen LogP) is 1.88. The third-order valence-corrected chi connectivity index (χ3v) is 4.13. The normalized spacial score (nSPS) is 17.9. The molecule has 1 aromatic carbocycles. The van der Waals surface area contributed by atoms with E-state index in [2.05, 4.69) is 5.32 Å². The summed E-state index contributed by atoms with van der Waals surface area (Å²) in [5.74, 6) is -1.38. The Morgan fingerprint density at radius 3 is 2.41 bits per heavy atom. The van der Waals surface area contributed by atoms with Gasteiger partial charge >= 0.3 is 11.9 Å². The van der Waals surface area contributed by atoms with Crippen LogP contribution in [0.15, 0.2) is 24.3 Å². The number of hydrogen-bond acceptors (Lipinski definition) is 6. The van der Waals surface area contributed by atoms with E-state index in [0.29, 0.717) is 25.2 Å². The van der Waals surface area contributed by atoms with Gasteiger partial charge in [-0.3, -0.25) is 4.79 Å². The number of carbonyl (C=O) groups is 3. The summed E-state index contributed by atoms with van der Waals surface area (Å²) in [4.78, 5) is 36.4. The van der Waals surface area contributed by atoms with Gasteiger partial charge in [0, 0.05) is 13.0 Å². The highest BCUT2D eigenvalue weighted by molar-refractivity contribution is 5.90. The average molecular weight is 377 g/mol. The van der Waals surface area contributed by atoms with Crippen LogP contribution < -0.4 is 5.32 Å². The van der Waals surface area contributed by atoms with Gasteiger partial charge in [-0.05, 0) is 44.9 Å². The number of hydrogen-bond donors (Lipinski definition) is 1. The van der Waals surface area contributed by atoms with Crippen molar-refractivity contribution in [1.82, 2.24) is 5.32 Å². The largest absolute Gasteiger partial charge is 0.467 e. The van der Waals surface area contributed by atoms with Gasteiger partial charge in [0.25, 0.3) is 0 Å². The summed E-state index contributed by atoms with van der Waals surface area (Å²) in [6.45, 7) is 6.33. The van der Waals surface area contributed by atoms with Crippen LogP contribution >= 0.6 is 0 Å². The van der Waals surface area contributed by atoms with E-state index in [-0.39, 0.29) is 18.2 Å². The molecule has 7 heteroatoms. The van der Waals surface area contributed by atoms with Gasteiger partial charge in [0.05, 0.1) is 25.2 Å². The van der Waals surface area contributed by atoms with Crippen LogP contribution in [0, 0.1) is 5.92 Å². The molecule has 0 saturated carbocycles. The van der Waals surface area contributed by atoms with Gasteiger partial charge in [0.2, 0.25) is 5.91 Å². The van der Waals surface area contributed by atoms with Crippen LogP contribution in [0.1, 0.15) is 43.1 Å². The Balaban J connectivity index is 2.03. The van der Waals surface area contributed by atoms with Crippen molar-refractivity contribution in [1.29, 1.82) is 0 Å². The van der Waals surface area contributed by atoms with E-state index >= 15 is 0 Å². The molecule has 148 valence electrons. The Hall–Kier alpha value is -2.41. The van der Waals surface area contributed by atoms with E-state index < -0.39 is 23.6 Å². The quantitative estimate of drug-likeness (QED) is 0.761. The second-order valence-corrected chi connectivity index (χ2v) is 7.55. The minimum absolute atomic E-state index is 0.215. The number of methoxy groups -OCH3 is 1. The van der Waals surface area contributed by atoms with Gasteiger partial charge in [-0.25, -0.2) is 9.59 Å². The maximum atomic E-state index is 12.3. The van der Waals surface area contributed by atoms with E-state index in [1.54, 1.807) is 45.0 Å². The minimum Gasteiger partial charge on any atom is -0.467 e. The van der Waals surface area contributed by atoms with Crippen LogP contribution in [0.4, 0.5) is 0 Å². The summed E-state index contributed by atoms with van der Waals surface area (Å²) < 4.78 is 15.3. The Labute approximate surface area is 159 Å². The second kappa shape index (κ2) is 8.99. The zero-order valence-electron chi connectivity index (χ0n) is 16.2. The summed E-state index contributed by atoms with van der Waals surface area (Å²) in [6.07, 6.45) is 0.908. The molecule has 1 heterocycles. The summed E-state index contributed by atoms with van der Waals surface area (Å²) in [5.41, 5.74) is 0.649. The standard InChI is InChI=1S/C20H27NO6/c1-20(2,3)27-18(23)14-7-5-13(6-8-14)11-16(19(24)25-4)21-17(22)15-9-10-26-12-15/h5-8,15-16H,9-12H2,1-4H3,(H,21,22)/t15-,16+/m1/s1. The smallest absolute Gasteiger partial charge is 0.338 e. The molecule has 1 aliphatic rings. The Morgan fingerprint density at radius 2 is 1.89 bits per heavy atom. The van der Waals surface area contributed by atoms with Gasteiger partial charge in [-0.15, -0.1) is 0 Å². The molecule has 2 rings (SSSR count). The van der Waals surface area contributed by atoms with Crippen molar-refractivity contribution < 1.29 is 28.6 Å². The lowest BCUT2D eigenvalue weighted by atomic mass is 10.0. The maximum absolute atomic E-state index is 12.3. The van der Waals surface area contributed by atoms with Gasteiger partial charge in [-0.2, -0.15) is 0 Å². The molecule has 1 aromatic rings. The van der Waals surface area contributed by atoms with E-state index in [1.807, 2.05) is 0 Å². The van der Waals surface area contributed by atoms with Crippen LogP contribution in [-0.2, 0) is 30.2 Å². The summed E-state index contributed by atoms with van der Waals surface area (Å²) in [5, 5.41) is 2.74. The summed E-state index contributed by atoms with van der Waals surface area (Å²) in [7, 11) is 1.28. The third kappa shape index (κ3) is 6.36. The van der Waals surface area contributed by atoms with E-state index in [1.165, 1.54) is 7.11 Å². The highest BCUT2D eigenvalue weighted by Crippen LogP contribution is 2.15. The van der Waals surface area contributed by atoms with Crippen molar-refractivity contribution in [3.05, 3.63) is 35.4 Å². The van der Waals surface area contributed by atoms with Crippen molar-refractivity contribution in [2.75, 3.05) is 20.3 Å². The molecule has 0 radical (unpaired) electrons. The number of benzene rings is 1. The van der Waals surface area contributed by atoms with Gasteiger partial charge in [0.15, 0.2) is 0 Å². The maximum Gasteiger partial charge on any atom is 0.338 e. The minimum atomic E-state index is -0.796. The molecule has 0 bridgehead atoms. The Morgan fingerprint density at radius 1 is 1.22 bits per heavy atom. The lowest BCUT2D eigenvalue weighted by Crippen LogP contribution is -2.45. The summed E-state index contributed by atoms with van der Waals surface area (Å²) >= 11 is 0. The van der Waals surface area contributed by atoms with Crippen molar-refractivity contribution >= 4 is 17.8 Å². The number of carbonyl (C=O) groups excluding carboxylic acids is 3. The lowest BCUT2D eigenvalue weighted by molar-refractivity contribution is -0.145. The van der Waals surface area contributed by atoms with Crippen LogP contribution in [0.5, 0.6) is 0 Å². The van der Waals surface area contributed by atoms with Crippen molar-refractivity contribution in [2.24, 2.45) is 5.92 Å². The SMILES string of the molecule is COC(=O)[C@H](Cc1ccc(C(=O)OC(C)(C)C)cc1)NC(=O)[C@@H]1CCOC1. The predicted molar refractivity (Wildman–Crippen MR) is 98.2 cm³/mol. The molecule has 0 aliphatic carbocycles. The topological polar surface area (TPSA) is 90.9 Å². The highest BCUT2D eigenvalue weighted by Gasteiger charge is 2.29. The highest BCUT2D eigenvalue weighted by atomic mass is 16.6. The number of esters is 2. The van der Waals surface area contributed by atoms with Crippen molar-refractivity contribution in [3.63, 3.8) is 0 Å². The molecule has 1 N–H and O–H groups in total. The van der Waals surface area contributed by atoms with Crippen molar-refractivity contribution in [2.45, 2.75) is 45.3 Å². The summed E-state index contributed by atoms with van der Waals surface area (Å²) in [6, 6.07) is 5.96. The molecule has 27 heavy (non-hydrogen) atoms. The van der Waals surface area contributed by atoms with Crippen molar-refractivity contribution in [3.8, 4) is 0 Å². The number of amides is 1. The Bertz CT molecular complexity index is 671.